The number of carbonyl (C=O) groups is 2. The first-order valence-electron chi connectivity index (χ1n) is 9.70. The highest BCUT2D eigenvalue weighted by Crippen LogP contribution is 2.28. The predicted octanol–water partition coefficient (Wildman–Crippen LogP) is 5.06. The predicted molar refractivity (Wildman–Crippen MR) is 120 cm³/mol. The van der Waals surface area contributed by atoms with Crippen LogP contribution in [-0.2, 0) is 5.41 Å². The summed E-state index contributed by atoms with van der Waals surface area (Å²) in [5.41, 5.74) is 9.12. The molecule has 0 spiro atoms. The summed E-state index contributed by atoms with van der Waals surface area (Å²) in [5, 5.41) is 2.82. The van der Waals surface area contributed by atoms with Gasteiger partial charge < -0.3 is 15.8 Å². The maximum absolute atomic E-state index is 13.1. The summed E-state index contributed by atoms with van der Waals surface area (Å²) in [6.45, 7) is 6.34. The van der Waals surface area contributed by atoms with Crippen LogP contribution < -0.4 is 15.8 Å². The number of carbonyl (C=O) groups excluding carboxylic acids is 2. The first kappa shape index (κ1) is 21.1. The molecule has 5 heteroatoms. The molecule has 0 fully saturated rings. The topological polar surface area (TPSA) is 81.4 Å². The fourth-order valence-electron chi connectivity index (χ4n) is 3.13. The number of hydrogen-bond acceptors (Lipinski definition) is 4. The lowest BCUT2D eigenvalue weighted by molar-refractivity contribution is 0.102. The Bertz CT molecular complexity index is 1080. The maximum Gasteiger partial charge on any atom is 0.255 e. The highest BCUT2D eigenvalue weighted by molar-refractivity contribution is 6.17. The molecule has 3 N–H and O–H groups in total. The quantitative estimate of drug-likeness (QED) is 0.462. The zero-order chi connectivity index (χ0) is 21.9. The lowest BCUT2D eigenvalue weighted by atomic mass is 9.86. The zero-order valence-corrected chi connectivity index (χ0v) is 17.7. The van der Waals surface area contributed by atoms with E-state index >= 15 is 0 Å². The van der Waals surface area contributed by atoms with Gasteiger partial charge in [0.2, 0.25) is 0 Å². The third kappa shape index (κ3) is 4.51. The van der Waals surface area contributed by atoms with Crippen LogP contribution in [0.4, 0.5) is 11.4 Å². The van der Waals surface area contributed by atoms with Crippen LogP contribution >= 0.6 is 0 Å². The molecule has 0 aliphatic heterocycles. The molecular weight excluding hydrogens is 376 g/mol. The standard InChI is InChI=1S/C25H26N2O3/c1-25(2,3)18-13-11-16(12-14-18)24(29)27-22-20(9-6-10-21(22)26)23(28)17-7-5-8-19(15-17)30-4/h5-15H,26H2,1-4H3,(H,27,29). The first-order valence-corrected chi connectivity index (χ1v) is 9.70. The van der Waals surface area contributed by atoms with Crippen LogP contribution in [0.25, 0.3) is 0 Å². The van der Waals surface area contributed by atoms with Crippen molar-refractivity contribution in [3.63, 3.8) is 0 Å². The summed E-state index contributed by atoms with van der Waals surface area (Å²) in [4.78, 5) is 25.9. The van der Waals surface area contributed by atoms with Crippen LogP contribution in [0.5, 0.6) is 5.75 Å². The molecule has 0 aliphatic rings. The Morgan fingerprint density at radius 1 is 0.900 bits per heavy atom. The molecule has 3 aromatic carbocycles. The Labute approximate surface area is 176 Å². The average molecular weight is 402 g/mol. The molecule has 1 amide bonds. The van der Waals surface area contributed by atoms with Crippen molar-refractivity contribution in [1.82, 2.24) is 0 Å². The number of ether oxygens (including phenoxy) is 1. The van der Waals surface area contributed by atoms with Crippen LogP contribution in [0.2, 0.25) is 0 Å². The molecule has 3 aromatic rings. The van der Waals surface area contributed by atoms with Crippen molar-refractivity contribution >= 4 is 23.1 Å². The largest absolute Gasteiger partial charge is 0.497 e. The van der Waals surface area contributed by atoms with Crippen LogP contribution in [0, 0.1) is 0 Å². The van der Waals surface area contributed by atoms with Crippen molar-refractivity contribution in [2.75, 3.05) is 18.2 Å². The molecule has 0 unspecified atom stereocenters. The van der Waals surface area contributed by atoms with Crippen LogP contribution in [-0.4, -0.2) is 18.8 Å². The molecule has 0 atom stereocenters. The van der Waals surface area contributed by atoms with Gasteiger partial charge in [-0.25, -0.2) is 0 Å². The van der Waals surface area contributed by atoms with Crippen molar-refractivity contribution in [2.24, 2.45) is 0 Å². The third-order valence-electron chi connectivity index (χ3n) is 4.92. The minimum atomic E-state index is -0.326. The van der Waals surface area contributed by atoms with Crippen molar-refractivity contribution < 1.29 is 14.3 Å². The van der Waals surface area contributed by atoms with E-state index in [4.69, 9.17) is 10.5 Å². The molecule has 0 bridgehead atoms. The SMILES string of the molecule is COc1cccc(C(=O)c2cccc(N)c2NC(=O)c2ccc(C(C)(C)C)cc2)c1. The van der Waals surface area contributed by atoms with Gasteiger partial charge in [0.1, 0.15) is 5.75 Å². The van der Waals surface area contributed by atoms with E-state index < -0.39 is 0 Å². The second-order valence-corrected chi connectivity index (χ2v) is 8.11. The highest BCUT2D eigenvalue weighted by atomic mass is 16.5. The molecule has 0 heterocycles. The van der Waals surface area contributed by atoms with E-state index in [0.717, 1.165) is 5.56 Å². The summed E-state index contributed by atoms with van der Waals surface area (Å²) in [6, 6.07) is 19.3. The van der Waals surface area contributed by atoms with E-state index in [1.165, 1.54) is 0 Å². The molecule has 5 nitrogen and oxygen atoms in total. The molecule has 0 aromatic heterocycles. The fourth-order valence-corrected chi connectivity index (χ4v) is 3.13. The minimum absolute atomic E-state index is 0.00477. The van der Waals surface area contributed by atoms with Gasteiger partial charge in [0, 0.05) is 16.7 Å². The van der Waals surface area contributed by atoms with Crippen LogP contribution in [0.3, 0.4) is 0 Å². The summed E-state index contributed by atoms with van der Waals surface area (Å²) in [5.74, 6) is 0.00177. The number of hydrogen-bond donors (Lipinski definition) is 2. The number of ketones is 1. The van der Waals surface area contributed by atoms with Gasteiger partial charge >= 0.3 is 0 Å². The van der Waals surface area contributed by atoms with Crippen molar-refractivity contribution in [3.05, 3.63) is 89.0 Å². The normalized spacial score (nSPS) is 11.1. The first-order chi connectivity index (χ1) is 14.2. The number of benzene rings is 3. The fraction of sp³-hybridized carbons (Fsp3) is 0.200. The number of amides is 1. The second-order valence-electron chi connectivity index (χ2n) is 8.11. The van der Waals surface area contributed by atoms with Gasteiger partial charge in [0.15, 0.2) is 5.78 Å². The summed E-state index contributed by atoms with van der Waals surface area (Å²) in [7, 11) is 1.54. The Hall–Kier alpha value is -3.60. The van der Waals surface area contributed by atoms with Gasteiger partial charge in [0.25, 0.3) is 5.91 Å². The highest BCUT2D eigenvalue weighted by Gasteiger charge is 2.19. The molecule has 154 valence electrons. The van der Waals surface area contributed by atoms with Crippen LogP contribution in [0.1, 0.15) is 52.6 Å². The number of rotatable bonds is 5. The summed E-state index contributed by atoms with van der Waals surface area (Å²) >= 11 is 0. The van der Waals surface area contributed by atoms with E-state index in [1.54, 1.807) is 61.7 Å². The van der Waals surface area contributed by atoms with Crippen molar-refractivity contribution in [3.8, 4) is 5.75 Å². The van der Waals surface area contributed by atoms with Crippen molar-refractivity contribution in [2.45, 2.75) is 26.2 Å². The average Bonchev–Trinajstić information content (AvgIpc) is 2.74. The van der Waals surface area contributed by atoms with Gasteiger partial charge in [-0.2, -0.15) is 0 Å². The minimum Gasteiger partial charge on any atom is -0.497 e. The smallest absolute Gasteiger partial charge is 0.255 e. The monoisotopic (exact) mass is 402 g/mol. The summed E-state index contributed by atoms with van der Waals surface area (Å²) in [6.07, 6.45) is 0. The Balaban J connectivity index is 1.91. The van der Waals surface area contributed by atoms with E-state index in [0.29, 0.717) is 33.8 Å². The van der Waals surface area contributed by atoms with Gasteiger partial charge in [-0.15, -0.1) is 0 Å². The zero-order valence-electron chi connectivity index (χ0n) is 17.7. The van der Waals surface area contributed by atoms with E-state index in [2.05, 4.69) is 26.1 Å². The lowest BCUT2D eigenvalue weighted by Crippen LogP contribution is -2.17. The van der Waals surface area contributed by atoms with Gasteiger partial charge in [-0.05, 0) is 47.4 Å². The van der Waals surface area contributed by atoms with E-state index in [-0.39, 0.29) is 17.1 Å². The second kappa shape index (κ2) is 8.41. The number of anilines is 2. The molecule has 0 saturated carbocycles. The molecule has 0 aliphatic carbocycles. The number of nitrogen functional groups attached to an aromatic ring is 1. The summed E-state index contributed by atoms with van der Waals surface area (Å²) < 4.78 is 5.20. The molecule has 3 rings (SSSR count). The van der Waals surface area contributed by atoms with Gasteiger partial charge in [-0.1, -0.05) is 51.1 Å². The molecular formula is C25H26N2O3. The molecule has 0 radical (unpaired) electrons. The van der Waals surface area contributed by atoms with Gasteiger partial charge in [0.05, 0.1) is 18.5 Å². The van der Waals surface area contributed by atoms with Crippen LogP contribution in [0.15, 0.2) is 66.7 Å². The lowest BCUT2D eigenvalue weighted by Gasteiger charge is -2.19. The molecule has 0 saturated heterocycles. The van der Waals surface area contributed by atoms with Gasteiger partial charge in [-0.3, -0.25) is 9.59 Å². The number of nitrogens with two attached hydrogens (primary N) is 1. The molecule has 30 heavy (non-hydrogen) atoms. The van der Waals surface area contributed by atoms with Crippen molar-refractivity contribution in [1.29, 1.82) is 0 Å². The van der Waals surface area contributed by atoms with E-state index in [9.17, 15) is 9.59 Å². The Morgan fingerprint density at radius 3 is 2.20 bits per heavy atom. The maximum atomic E-state index is 13.1. The number of methoxy groups -OCH3 is 1. The number of nitrogens with one attached hydrogen (secondary N) is 1. The van der Waals surface area contributed by atoms with E-state index in [1.807, 2.05) is 12.1 Å². The third-order valence-corrected chi connectivity index (χ3v) is 4.92. The Morgan fingerprint density at radius 2 is 1.57 bits per heavy atom. The number of para-hydroxylation sites is 1. The Kier molecular flexibility index (Phi) is 5.92.